The van der Waals surface area contributed by atoms with Gasteiger partial charge in [-0.05, 0) is 62.9 Å². The van der Waals surface area contributed by atoms with Crippen molar-refractivity contribution in [2.24, 2.45) is 5.16 Å². The lowest BCUT2D eigenvalue weighted by molar-refractivity contribution is -0.179. The minimum absolute atomic E-state index is 0.0422. The number of hydrogen-bond donors (Lipinski definition) is 1. The summed E-state index contributed by atoms with van der Waals surface area (Å²) < 4.78 is 5.39. The van der Waals surface area contributed by atoms with Crippen molar-refractivity contribution < 1.29 is 19.2 Å². The van der Waals surface area contributed by atoms with Crippen molar-refractivity contribution in [1.82, 2.24) is 15.1 Å². The maximum atomic E-state index is 12.6. The second kappa shape index (κ2) is 11.9. The number of nitrogens with zero attached hydrogens (tertiary/aromatic N) is 4. The van der Waals surface area contributed by atoms with Crippen LogP contribution in [0.5, 0.6) is 0 Å². The van der Waals surface area contributed by atoms with Crippen LogP contribution in [0.4, 0.5) is 0 Å². The third-order valence-electron chi connectivity index (χ3n) is 6.06. The summed E-state index contributed by atoms with van der Waals surface area (Å²) in [6, 6.07) is 29.7. The fraction of sp³-hybridized carbons (Fsp3) is 0.258. The first-order chi connectivity index (χ1) is 19.4. The summed E-state index contributed by atoms with van der Waals surface area (Å²) in [7, 11) is 0. The smallest absolute Gasteiger partial charge is 0.353 e. The zero-order valence-corrected chi connectivity index (χ0v) is 24.3. The molecule has 0 radical (unpaired) electrons. The van der Waals surface area contributed by atoms with Crippen molar-refractivity contribution in [3.05, 3.63) is 120 Å². The molecule has 3 aromatic carbocycles. The van der Waals surface area contributed by atoms with Gasteiger partial charge in [-0.2, -0.15) is 0 Å². The van der Waals surface area contributed by atoms with Crippen molar-refractivity contribution in [3.63, 3.8) is 0 Å². The molecule has 4 aromatic rings. The second-order valence-corrected chi connectivity index (χ2v) is 11.1. The normalized spacial score (nSPS) is 12.5. The van der Waals surface area contributed by atoms with Gasteiger partial charge in [0.05, 0.1) is 6.20 Å². The lowest BCUT2D eigenvalue weighted by atomic mass is 9.77. The summed E-state index contributed by atoms with van der Waals surface area (Å²) >= 11 is 5.86. The molecule has 9 nitrogen and oxygen atoms in total. The van der Waals surface area contributed by atoms with Crippen molar-refractivity contribution in [2.75, 3.05) is 5.43 Å². The zero-order chi connectivity index (χ0) is 29.7. The molecule has 0 aliphatic carbocycles. The van der Waals surface area contributed by atoms with Crippen LogP contribution >= 0.6 is 11.6 Å². The molecule has 1 N–H and O–H groups in total. The fourth-order valence-electron chi connectivity index (χ4n) is 4.11. The van der Waals surface area contributed by atoms with Gasteiger partial charge in [-0.1, -0.05) is 101 Å². The Bertz CT molecular complexity index is 1420. The van der Waals surface area contributed by atoms with E-state index < -0.39 is 28.0 Å². The maximum Gasteiger partial charge on any atom is 0.353 e. The van der Waals surface area contributed by atoms with Crippen LogP contribution in [0, 0.1) is 0 Å². The fourth-order valence-corrected chi connectivity index (χ4v) is 4.25. The Morgan fingerprint density at radius 2 is 1.27 bits per heavy atom. The van der Waals surface area contributed by atoms with Crippen molar-refractivity contribution >= 4 is 28.5 Å². The summed E-state index contributed by atoms with van der Waals surface area (Å²) in [4.78, 5) is 31.7. The van der Waals surface area contributed by atoms with E-state index in [1.807, 2.05) is 91.0 Å². The van der Waals surface area contributed by atoms with Gasteiger partial charge in [-0.15, -0.1) is 10.2 Å². The second-order valence-electron chi connectivity index (χ2n) is 10.8. The Hall–Kier alpha value is -4.50. The molecule has 0 aliphatic heterocycles. The lowest BCUT2D eigenvalue weighted by Gasteiger charge is -2.36. The van der Waals surface area contributed by atoms with E-state index in [1.165, 1.54) is 24.9 Å². The molecule has 212 valence electrons. The largest absolute Gasteiger partial charge is 0.457 e. The van der Waals surface area contributed by atoms with E-state index in [4.69, 9.17) is 21.2 Å². The van der Waals surface area contributed by atoms with Crippen molar-refractivity contribution in [2.45, 2.75) is 51.4 Å². The molecule has 0 bridgehead atoms. The number of oxime groups is 1. The number of nitrogens with one attached hydrogen (secondary N) is 1. The van der Waals surface area contributed by atoms with Gasteiger partial charge in [0.2, 0.25) is 5.60 Å². The van der Waals surface area contributed by atoms with Crippen molar-refractivity contribution in [1.29, 1.82) is 0 Å². The number of benzene rings is 3. The van der Waals surface area contributed by atoms with Crippen LogP contribution in [0.1, 0.15) is 57.0 Å². The van der Waals surface area contributed by atoms with Gasteiger partial charge >= 0.3 is 5.97 Å². The molecule has 10 heteroatoms. The molecule has 1 aromatic heterocycles. The van der Waals surface area contributed by atoms with Gasteiger partial charge in [0, 0.05) is 0 Å². The van der Waals surface area contributed by atoms with E-state index in [9.17, 15) is 9.59 Å². The van der Waals surface area contributed by atoms with Crippen LogP contribution in [0.25, 0.3) is 0 Å². The summed E-state index contributed by atoms with van der Waals surface area (Å²) in [5.41, 5.74) is 2.81. The zero-order valence-electron chi connectivity index (χ0n) is 23.5. The first-order valence-electron chi connectivity index (χ1n) is 13.0. The number of halogens is 1. The average molecular weight is 574 g/mol. The summed E-state index contributed by atoms with van der Waals surface area (Å²) in [5, 5.41) is 11.8. The van der Waals surface area contributed by atoms with Crippen molar-refractivity contribution in [3.8, 4) is 0 Å². The minimum Gasteiger partial charge on any atom is -0.457 e. The Morgan fingerprint density at radius 3 is 1.68 bits per heavy atom. The minimum atomic E-state index is -1.50. The molecule has 0 spiro atoms. The predicted octanol–water partition coefficient (Wildman–Crippen LogP) is 5.42. The first-order valence-corrected chi connectivity index (χ1v) is 13.4. The van der Waals surface area contributed by atoms with Crippen LogP contribution < -0.4 is 5.43 Å². The molecule has 4 rings (SSSR count). The topological polar surface area (TPSA) is 108 Å². The summed E-state index contributed by atoms with van der Waals surface area (Å²) in [6.07, 6.45) is 1.34. The number of carbonyl (C=O) groups excluding carboxylic acids is 2. The van der Waals surface area contributed by atoms with E-state index in [0.29, 0.717) is 0 Å². The quantitative estimate of drug-likeness (QED) is 0.0887. The standard InChI is InChI=1S/C31H32ClN5O4/c1-29(2,3)40-28(39)30(4,5)41-35-26(27(32)38)25-21-33-37(34-25)36-31(22-15-9-6-10-16-22,23-17-11-7-12-18-23)24-19-13-8-14-20-24/h6-21,36H,1-5H3/b35-26-. The van der Waals surface area contributed by atoms with Gasteiger partial charge < -0.3 is 9.57 Å². The molecule has 0 amide bonds. The van der Waals surface area contributed by atoms with Crippen LogP contribution in [-0.4, -0.2) is 43.2 Å². The molecule has 1 heterocycles. The molecule has 41 heavy (non-hydrogen) atoms. The SMILES string of the molecule is CC(C)(C)OC(=O)C(C)(C)O/N=C(\C(=O)Cl)c1cnn(NC(c2ccccc2)(c2ccccc2)c2ccccc2)n1. The van der Waals surface area contributed by atoms with Crippen LogP contribution in [-0.2, 0) is 24.7 Å². The molecule has 0 aliphatic rings. The maximum absolute atomic E-state index is 12.6. The first kappa shape index (κ1) is 29.5. The van der Waals surface area contributed by atoms with Crippen LogP contribution in [0.3, 0.4) is 0 Å². The Balaban J connectivity index is 1.74. The highest BCUT2D eigenvalue weighted by atomic mass is 35.5. The highest BCUT2D eigenvalue weighted by Gasteiger charge is 2.38. The summed E-state index contributed by atoms with van der Waals surface area (Å²) in [6.45, 7) is 8.18. The van der Waals surface area contributed by atoms with Gasteiger partial charge in [-0.25, -0.2) is 4.79 Å². The molecule has 0 saturated carbocycles. The number of ether oxygens (including phenoxy) is 1. The lowest BCUT2D eigenvalue weighted by Crippen LogP contribution is -2.44. The van der Waals surface area contributed by atoms with Gasteiger partial charge in [-0.3, -0.25) is 10.2 Å². The van der Waals surface area contributed by atoms with Gasteiger partial charge in [0.15, 0.2) is 5.71 Å². The van der Waals surface area contributed by atoms with E-state index in [2.05, 4.69) is 20.8 Å². The number of carbonyl (C=O) groups is 2. The van der Waals surface area contributed by atoms with Gasteiger partial charge in [0.25, 0.3) is 5.24 Å². The average Bonchev–Trinajstić information content (AvgIpc) is 3.40. The number of hydrogen-bond acceptors (Lipinski definition) is 8. The Morgan fingerprint density at radius 1 is 0.805 bits per heavy atom. The molecule has 0 atom stereocenters. The highest BCUT2D eigenvalue weighted by molar-refractivity contribution is 6.83. The third kappa shape index (κ3) is 6.81. The summed E-state index contributed by atoms with van der Waals surface area (Å²) in [5.74, 6) is -0.654. The van der Waals surface area contributed by atoms with E-state index in [1.54, 1.807) is 20.8 Å². The van der Waals surface area contributed by atoms with E-state index in [-0.39, 0.29) is 11.4 Å². The molecule has 0 unspecified atom stereocenters. The van der Waals surface area contributed by atoms with Crippen LogP contribution in [0.15, 0.2) is 102 Å². The van der Waals surface area contributed by atoms with Crippen LogP contribution in [0.2, 0.25) is 0 Å². The Kier molecular flexibility index (Phi) is 8.58. The number of rotatable bonds is 10. The monoisotopic (exact) mass is 573 g/mol. The molecule has 0 fully saturated rings. The Labute approximate surface area is 244 Å². The highest BCUT2D eigenvalue weighted by Crippen LogP contribution is 2.37. The molecule has 0 saturated heterocycles. The van der Waals surface area contributed by atoms with E-state index in [0.717, 1.165) is 16.7 Å². The van der Waals surface area contributed by atoms with E-state index >= 15 is 0 Å². The van der Waals surface area contributed by atoms with Gasteiger partial charge in [0.1, 0.15) is 16.8 Å². The molecular weight excluding hydrogens is 542 g/mol. The third-order valence-corrected chi connectivity index (χ3v) is 6.24. The number of esters is 1. The number of aromatic nitrogens is 3. The predicted molar refractivity (Wildman–Crippen MR) is 157 cm³/mol. The molecular formula is C31H32ClN5O4.